The molecule has 0 aliphatic rings. The first-order chi connectivity index (χ1) is 17.6. The van der Waals surface area contributed by atoms with Gasteiger partial charge in [0.25, 0.3) is 5.91 Å². The van der Waals surface area contributed by atoms with Gasteiger partial charge in [-0.05, 0) is 41.3 Å². The summed E-state index contributed by atoms with van der Waals surface area (Å²) in [5.41, 5.74) is 2.65. The fourth-order valence-electron chi connectivity index (χ4n) is 3.70. The van der Waals surface area contributed by atoms with E-state index < -0.39 is 11.9 Å². The van der Waals surface area contributed by atoms with E-state index in [0.717, 1.165) is 0 Å². The Kier molecular flexibility index (Phi) is 8.65. The van der Waals surface area contributed by atoms with Crippen molar-refractivity contribution >= 4 is 17.6 Å². The molecular weight excluding hydrogens is 474 g/mol. The van der Waals surface area contributed by atoms with Crippen LogP contribution in [0.4, 0.5) is 5.69 Å². The van der Waals surface area contributed by atoms with Crippen molar-refractivity contribution in [1.82, 2.24) is 0 Å². The van der Waals surface area contributed by atoms with Crippen LogP contribution in [0.3, 0.4) is 0 Å². The fourth-order valence-corrected chi connectivity index (χ4v) is 3.70. The van der Waals surface area contributed by atoms with Crippen molar-refractivity contribution in [3.05, 3.63) is 76.9 Å². The van der Waals surface area contributed by atoms with Crippen LogP contribution in [0.15, 0.2) is 54.6 Å². The first kappa shape index (κ1) is 27.4. The average Bonchev–Trinajstić information content (AvgIpc) is 2.90. The van der Waals surface area contributed by atoms with Gasteiger partial charge in [-0.2, -0.15) is 0 Å². The number of hydrogen-bond donors (Lipinski definition) is 1. The number of anilines is 1. The second-order valence-corrected chi connectivity index (χ2v) is 9.29. The van der Waals surface area contributed by atoms with Gasteiger partial charge >= 0.3 is 5.97 Å². The first-order valence-corrected chi connectivity index (χ1v) is 11.7. The molecule has 8 nitrogen and oxygen atoms in total. The summed E-state index contributed by atoms with van der Waals surface area (Å²) in [6, 6.07) is 15.9. The number of hydrogen-bond acceptors (Lipinski definition) is 7. The van der Waals surface area contributed by atoms with Gasteiger partial charge in [0.15, 0.2) is 11.5 Å². The van der Waals surface area contributed by atoms with Crippen molar-refractivity contribution in [3.63, 3.8) is 0 Å². The van der Waals surface area contributed by atoms with E-state index in [2.05, 4.69) is 26.1 Å². The van der Waals surface area contributed by atoms with Crippen molar-refractivity contribution in [2.24, 2.45) is 0 Å². The minimum Gasteiger partial charge on any atom is -0.496 e. The summed E-state index contributed by atoms with van der Waals surface area (Å²) in [6.45, 7) is 6.66. The summed E-state index contributed by atoms with van der Waals surface area (Å²) in [6.07, 6.45) is 0. The van der Waals surface area contributed by atoms with Gasteiger partial charge in [0.1, 0.15) is 18.1 Å². The number of benzene rings is 3. The molecule has 0 aliphatic carbocycles. The standard InChI is InChI=1S/C29H33NO7/c1-29(2,3)20-9-11-21(12-10-20)37-17-19-14-18(8-13-24(19)33-4)27(31)30-23-16-26(35-6)25(34-5)15-22(23)28(32)36-7/h8-16H,17H2,1-7H3,(H,30,31). The summed E-state index contributed by atoms with van der Waals surface area (Å²) in [5, 5.41) is 2.77. The van der Waals surface area contributed by atoms with Gasteiger partial charge in [0.2, 0.25) is 0 Å². The normalized spacial score (nSPS) is 10.9. The maximum Gasteiger partial charge on any atom is 0.340 e. The van der Waals surface area contributed by atoms with Gasteiger partial charge in [-0.15, -0.1) is 0 Å². The number of methoxy groups -OCH3 is 4. The maximum atomic E-state index is 13.2. The highest BCUT2D eigenvalue weighted by Crippen LogP contribution is 2.34. The number of rotatable bonds is 9. The summed E-state index contributed by atoms with van der Waals surface area (Å²) < 4.78 is 26.9. The molecule has 0 aliphatic heterocycles. The predicted molar refractivity (Wildman–Crippen MR) is 141 cm³/mol. The average molecular weight is 508 g/mol. The van der Waals surface area contributed by atoms with Crippen molar-refractivity contribution in [1.29, 1.82) is 0 Å². The highest BCUT2D eigenvalue weighted by atomic mass is 16.5. The van der Waals surface area contributed by atoms with Crippen molar-refractivity contribution in [2.75, 3.05) is 33.8 Å². The Balaban J connectivity index is 1.84. The molecular formula is C29H33NO7. The number of amides is 1. The molecule has 0 saturated carbocycles. The van der Waals surface area contributed by atoms with Crippen LogP contribution < -0.4 is 24.3 Å². The smallest absolute Gasteiger partial charge is 0.340 e. The van der Waals surface area contributed by atoms with Crippen LogP contribution in [-0.2, 0) is 16.8 Å². The topological polar surface area (TPSA) is 92.3 Å². The van der Waals surface area contributed by atoms with Crippen molar-refractivity contribution in [2.45, 2.75) is 32.8 Å². The second kappa shape index (κ2) is 11.7. The van der Waals surface area contributed by atoms with Crippen LogP contribution in [0.5, 0.6) is 23.0 Å². The van der Waals surface area contributed by atoms with E-state index in [1.54, 1.807) is 25.3 Å². The SMILES string of the molecule is COC(=O)c1cc(OC)c(OC)cc1NC(=O)c1ccc(OC)c(COc2ccc(C(C)(C)C)cc2)c1. The molecule has 0 spiro atoms. The molecule has 0 unspecified atom stereocenters. The lowest BCUT2D eigenvalue weighted by Crippen LogP contribution is -2.16. The van der Waals surface area contributed by atoms with Crippen LogP contribution in [0.25, 0.3) is 0 Å². The van der Waals surface area contributed by atoms with E-state index >= 15 is 0 Å². The van der Waals surface area contributed by atoms with E-state index in [9.17, 15) is 9.59 Å². The van der Waals surface area contributed by atoms with Crippen LogP contribution in [0.1, 0.15) is 52.6 Å². The zero-order chi connectivity index (χ0) is 27.2. The Hall–Kier alpha value is -4.20. The van der Waals surface area contributed by atoms with Crippen molar-refractivity contribution < 1.29 is 33.3 Å². The van der Waals surface area contributed by atoms with E-state index in [1.807, 2.05) is 24.3 Å². The summed E-state index contributed by atoms with van der Waals surface area (Å²) in [5.74, 6) is 0.919. The minimum atomic E-state index is -0.627. The minimum absolute atomic E-state index is 0.0467. The number of ether oxygens (including phenoxy) is 5. The molecule has 0 fully saturated rings. The first-order valence-electron chi connectivity index (χ1n) is 11.7. The predicted octanol–water partition coefficient (Wildman–Crippen LogP) is 5.63. The van der Waals surface area contributed by atoms with Gasteiger partial charge in [0, 0.05) is 23.3 Å². The van der Waals surface area contributed by atoms with Crippen molar-refractivity contribution in [3.8, 4) is 23.0 Å². The highest BCUT2D eigenvalue weighted by molar-refractivity contribution is 6.08. The number of carbonyl (C=O) groups is 2. The second-order valence-electron chi connectivity index (χ2n) is 9.29. The number of nitrogens with one attached hydrogen (secondary N) is 1. The number of esters is 1. The summed E-state index contributed by atoms with van der Waals surface area (Å²) in [7, 11) is 5.74. The zero-order valence-electron chi connectivity index (χ0n) is 22.3. The zero-order valence-corrected chi connectivity index (χ0v) is 22.3. The van der Waals surface area contributed by atoms with E-state index in [4.69, 9.17) is 23.7 Å². The Bertz CT molecular complexity index is 1260. The lowest BCUT2D eigenvalue weighted by molar-refractivity contribution is 0.0601. The highest BCUT2D eigenvalue weighted by Gasteiger charge is 2.20. The van der Waals surface area contributed by atoms with Crippen LogP contribution >= 0.6 is 0 Å². The van der Waals surface area contributed by atoms with Gasteiger partial charge in [-0.1, -0.05) is 32.9 Å². The van der Waals surface area contributed by atoms with Gasteiger partial charge in [-0.25, -0.2) is 4.79 Å². The Labute approximate surface area is 217 Å². The third-order valence-electron chi connectivity index (χ3n) is 5.83. The third-order valence-corrected chi connectivity index (χ3v) is 5.83. The number of carbonyl (C=O) groups excluding carboxylic acids is 2. The largest absolute Gasteiger partial charge is 0.496 e. The molecule has 3 aromatic carbocycles. The summed E-state index contributed by atoms with van der Waals surface area (Å²) in [4.78, 5) is 25.5. The molecule has 3 aromatic rings. The van der Waals surface area contributed by atoms with Gasteiger partial charge in [-0.3, -0.25) is 4.79 Å². The van der Waals surface area contributed by atoms with Gasteiger partial charge < -0.3 is 29.0 Å². The third kappa shape index (κ3) is 6.52. The Morgan fingerprint density at radius 3 is 1.97 bits per heavy atom. The quantitative estimate of drug-likeness (QED) is 0.375. The molecule has 37 heavy (non-hydrogen) atoms. The van der Waals surface area contributed by atoms with Crippen LogP contribution in [0, 0.1) is 0 Å². The molecule has 0 bridgehead atoms. The fraction of sp³-hybridized carbons (Fsp3) is 0.310. The molecule has 1 N–H and O–H groups in total. The van der Waals surface area contributed by atoms with Gasteiger partial charge in [0.05, 0.1) is 39.7 Å². The molecule has 0 atom stereocenters. The molecule has 0 radical (unpaired) electrons. The van der Waals surface area contributed by atoms with E-state index in [1.165, 1.54) is 39.0 Å². The Morgan fingerprint density at radius 1 is 0.784 bits per heavy atom. The molecule has 3 rings (SSSR count). The maximum absolute atomic E-state index is 13.2. The monoisotopic (exact) mass is 507 g/mol. The molecule has 0 aromatic heterocycles. The Morgan fingerprint density at radius 2 is 1.41 bits per heavy atom. The van der Waals surface area contributed by atoms with E-state index in [-0.39, 0.29) is 23.3 Å². The molecule has 196 valence electrons. The molecule has 1 amide bonds. The lowest BCUT2D eigenvalue weighted by Gasteiger charge is -2.19. The summed E-state index contributed by atoms with van der Waals surface area (Å²) >= 11 is 0. The van der Waals surface area contributed by atoms with Crippen LogP contribution in [-0.4, -0.2) is 40.3 Å². The molecule has 0 heterocycles. The lowest BCUT2D eigenvalue weighted by atomic mass is 9.87. The molecule has 0 saturated heterocycles. The van der Waals surface area contributed by atoms with Crippen LogP contribution in [0.2, 0.25) is 0 Å². The van der Waals surface area contributed by atoms with E-state index in [0.29, 0.717) is 34.1 Å². The molecule has 8 heteroatoms.